The number of aryl methyl sites for hydroxylation is 1. The molecule has 2 N–H and O–H groups in total. The maximum absolute atomic E-state index is 11.6. The van der Waals surface area contributed by atoms with E-state index in [9.17, 15) is 4.79 Å². The summed E-state index contributed by atoms with van der Waals surface area (Å²) in [5.74, 6) is 0.0535. The van der Waals surface area contributed by atoms with Crippen LogP contribution in [0.2, 0.25) is 0 Å². The molecule has 5 heteroatoms. The number of rotatable bonds is 7. The van der Waals surface area contributed by atoms with Crippen LogP contribution >= 0.6 is 11.3 Å². The molecule has 0 saturated heterocycles. The van der Waals surface area contributed by atoms with Crippen molar-refractivity contribution >= 4 is 17.2 Å². The Kier molecular flexibility index (Phi) is 6.15. The van der Waals surface area contributed by atoms with Crippen LogP contribution in [0.15, 0.2) is 5.38 Å². The molecule has 0 aliphatic rings. The first-order chi connectivity index (χ1) is 8.17. The average molecular weight is 255 g/mol. The number of hydrogen-bond acceptors (Lipinski definition) is 4. The van der Waals surface area contributed by atoms with Gasteiger partial charge in [0, 0.05) is 18.5 Å². The zero-order valence-corrected chi connectivity index (χ0v) is 11.6. The van der Waals surface area contributed by atoms with Crippen LogP contribution in [0, 0.1) is 0 Å². The van der Waals surface area contributed by atoms with Gasteiger partial charge in [0.05, 0.1) is 16.7 Å². The van der Waals surface area contributed by atoms with Crippen LogP contribution in [0.5, 0.6) is 0 Å². The highest BCUT2D eigenvalue weighted by Crippen LogP contribution is 2.09. The van der Waals surface area contributed by atoms with Gasteiger partial charge in [-0.25, -0.2) is 4.98 Å². The normalized spacial score (nSPS) is 12.4. The van der Waals surface area contributed by atoms with Gasteiger partial charge in [0.25, 0.3) is 0 Å². The minimum Gasteiger partial charge on any atom is -0.355 e. The van der Waals surface area contributed by atoms with Crippen LogP contribution < -0.4 is 10.6 Å². The summed E-state index contributed by atoms with van der Waals surface area (Å²) in [4.78, 5) is 16.0. The van der Waals surface area contributed by atoms with E-state index in [-0.39, 0.29) is 11.9 Å². The topological polar surface area (TPSA) is 54.0 Å². The number of hydrogen-bond donors (Lipinski definition) is 2. The molecule has 0 spiro atoms. The lowest BCUT2D eigenvalue weighted by atomic mass is 10.3. The number of carbonyl (C=O) groups is 1. The molecule has 0 aliphatic heterocycles. The van der Waals surface area contributed by atoms with Crippen molar-refractivity contribution in [2.24, 2.45) is 0 Å². The molecule has 1 heterocycles. The van der Waals surface area contributed by atoms with E-state index in [0.717, 1.165) is 30.1 Å². The third-order valence-corrected chi connectivity index (χ3v) is 3.48. The Balaban J connectivity index is 2.31. The number of amides is 1. The molecule has 0 aromatic carbocycles. The van der Waals surface area contributed by atoms with Crippen molar-refractivity contribution in [1.82, 2.24) is 15.6 Å². The first-order valence-corrected chi connectivity index (χ1v) is 6.99. The number of thiazole rings is 1. The van der Waals surface area contributed by atoms with E-state index in [2.05, 4.69) is 22.5 Å². The number of carbonyl (C=O) groups excluding carboxylic acids is 1. The fraction of sp³-hybridized carbons (Fsp3) is 0.667. The minimum absolute atomic E-state index is 0.0535. The smallest absolute Gasteiger partial charge is 0.236 e. The van der Waals surface area contributed by atoms with E-state index in [1.165, 1.54) is 0 Å². The molecule has 1 aromatic heterocycles. The van der Waals surface area contributed by atoms with E-state index < -0.39 is 0 Å². The lowest BCUT2D eigenvalue weighted by Crippen LogP contribution is -2.42. The fourth-order valence-electron chi connectivity index (χ4n) is 1.34. The third kappa shape index (κ3) is 4.83. The van der Waals surface area contributed by atoms with Gasteiger partial charge in [-0.05, 0) is 19.8 Å². The summed E-state index contributed by atoms with van der Waals surface area (Å²) in [7, 11) is 0. The van der Waals surface area contributed by atoms with Crippen molar-refractivity contribution < 1.29 is 4.79 Å². The first kappa shape index (κ1) is 14.1. The molecule has 96 valence electrons. The Bertz CT molecular complexity index is 351. The predicted octanol–water partition coefficient (Wildman–Crippen LogP) is 1.71. The number of nitrogens with zero attached hydrogens (tertiary/aromatic N) is 1. The molecule has 4 nitrogen and oxygen atoms in total. The van der Waals surface area contributed by atoms with Gasteiger partial charge >= 0.3 is 0 Å². The van der Waals surface area contributed by atoms with Crippen LogP contribution in [-0.4, -0.2) is 23.5 Å². The molecule has 0 aliphatic carbocycles. The first-order valence-electron chi connectivity index (χ1n) is 6.11. The standard InChI is InChI=1S/C12H21N3OS/c1-4-6-13-12(16)9(3)14-7-10-8-17-11(5-2)15-10/h8-9,14H,4-7H2,1-3H3,(H,13,16). The molecule has 1 unspecified atom stereocenters. The summed E-state index contributed by atoms with van der Waals surface area (Å²) in [5, 5.41) is 9.23. The van der Waals surface area contributed by atoms with Crippen molar-refractivity contribution in [2.75, 3.05) is 6.54 Å². The number of nitrogens with one attached hydrogen (secondary N) is 2. The lowest BCUT2D eigenvalue weighted by Gasteiger charge is -2.12. The highest BCUT2D eigenvalue weighted by atomic mass is 32.1. The monoisotopic (exact) mass is 255 g/mol. The molecular formula is C12H21N3OS. The molecule has 0 fully saturated rings. The Hall–Kier alpha value is -0.940. The molecule has 0 saturated carbocycles. The molecule has 17 heavy (non-hydrogen) atoms. The van der Waals surface area contributed by atoms with Crippen LogP contribution in [0.25, 0.3) is 0 Å². The predicted molar refractivity (Wildman–Crippen MR) is 71.1 cm³/mol. The van der Waals surface area contributed by atoms with E-state index >= 15 is 0 Å². The SMILES string of the molecule is CCCNC(=O)C(C)NCc1csc(CC)n1. The molecule has 0 radical (unpaired) electrons. The second-order valence-corrected chi connectivity index (χ2v) is 4.92. The van der Waals surface area contributed by atoms with Gasteiger partial charge in [0.1, 0.15) is 0 Å². The van der Waals surface area contributed by atoms with E-state index in [1.807, 2.05) is 19.2 Å². The van der Waals surface area contributed by atoms with Crippen LogP contribution in [0.3, 0.4) is 0 Å². The second kappa shape index (κ2) is 7.40. The molecule has 1 aromatic rings. The third-order valence-electron chi connectivity index (χ3n) is 2.43. The van der Waals surface area contributed by atoms with Gasteiger partial charge in [-0.3, -0.25) is 4.79 Å². The largest absolute Gasteiger partial charge is 0.355 e. The van der Waals surface area contributed by atoms with Crippen LogP contribution in [-0.2, 0) is 17.8 Å². The molecular weight excluding hydrogens is 234 g/mol. The zero-order valence-electron chi connectivity index (χ0n) is 10.7. The minimum atomic E-state index is -0.173. The summed E-state index contributed by atoms with van der Waals surface area (Å²) < 4.78 is 0. The summed E-state index contributed by atoms with van der Waals surface area (Å²) in [6.45, 7) is 7.40. The van der Waals surface area contributed by atoms with Gasteiger partial charge in [0.15, 0.2) is 0 Å². The molecule has 1 rings (SSSR count). The fourth-order valence-corrected chi connectivity index (χ4v) is 2.09. The molecule has 1 atom stereocenters. The summed E-state index contributed by atoms with van der Waals surface area (Å²) in [5.41, 5.74) is 1.02. The molecule has 1 amide bonds. The Morgan fingerprint density at radius 2 is 2.29 bits per heavy atom. The van der Waals surface area contributed by atoms with Gasteiger partial charge in [0.2, 0.25) is 5.91 Å². The van der Waals surface area contributed by atoms with Crippen molar-refractivity contribution in [2.45, 2.75) is 46.2 Å². The maximum Gasteiger partial charge on any atom is 0.236 e. The highest BCUT2D eigenvalue weighted by molar-refractivity contribution is 7.09. The van der Waals surface area contributed by atoms with Crippen molar-refractivity contribution in [1.29, 1.82) is 0 Å². The van der Waals surface area contributed by atoms with Crippen LogP contribution in [0.4, 0.5) is 0 Å². The van der Waals surface area contributed by atoms with Gasteiger partial charge < -0.3 is 10.6 Å². The average Bonchev–Trinajstić information content (AvgIpc) is 2.80. The number of aromatic nitrogens is 1. The lowest BCUT2D eigenvalue weighted by molar-refractivity contribution is -0.122. The van der Waals surface area contributed by atoms with Gasteiger partial charge in [-0.1, -0.05) is 13.8 Å². The summed E-state index contributed by atoms with van der Waals surface area (Å²) >= 11 is 1.67. The van der Waals surface area contributed by atoms with Gasteiger partial charge in [-0.2, -0.15) is 0 Å². The van der Waals surface area contributed by atoms with Crippen LogP contribution in [0.1, 0.15) is 37.9 Å². The molecule has 0 bridgehead atoms. The van der Waals surface area contributed by atoms with Gasteiger partial charge in [-0.15, -0.1) is 11.3 Å². The van der Waals surface area contributed by atoms with Crippen molar-refractivity contribution in [3.8, 4) is 0 Å². The second-order valence-electron chi connectivity index (χ2n) is 3.98. The van der Waals surface area contributed by atoms with Crippen molar-refractivity contribution in [3.05, 3.63) is 16.1 Å². The zero-order chi connectivity index (χ0) is 12.7. The Morgan fingerprint density at radius 3 is 2.88 bits per heavy atom. The Morgan fingerprint density at radius 1 is 1.53 bits per heavy atom. The quantitative estimate of drug-likeness (QED) is 0.780. The van der Waals surface area contributed by atoms with Crippen molar-refractivity contribution in [3.63, 3.8) is 0 Å². The Labute approximate surface area is 107 Å². The maximum atomic E-state index is 11.6. The summed E-state index contributed by atoms with van der Waals surface area (Å²) in [6, 6.07) is -0.173. The van der Waals surface area contributed by atoms with E-state index in [0.29, 0.717) is 6.54 Å². The summed E-state index contributed by atoms with van der Waals surface area (Å²) in [6.07, 6.45) is 1.93. The van der Waals surface area contributed by atoms with E-state index in [1.54, 1.807) is 11.3 Å². The highest BCUT2D eigenvalue weighted by Gasteiger charge is 2.11. The van der Waals surface area contributed by atoms with E-state index in [4.69, 9.17) is 0 Å².